The number of aryl methyl sites for hydroxylation is 1. The van der Waals surface area contributed by atoms with E-state index >= 15 is 0 Å². The van der Waals surface area contributed by atoms with Crippen molar-refractivity contribution in [3.63, 3.8) is 0 Å². The minimum Gasteiger partial charge on any atom is -0.497 e. The minimum atomic E-state index is -0.758. The Bertz CT molecular complexity index is 1380. The summed E-state index contributed by atoms with van der Waals surface area (Å²) in [5.74, 6) is 1.04. The quantitative estimate of drug-likeness (QED) is 0.243. The number of alkyl carbamates (subject to hydrolysis) is 1. The third-order valence-electron chi connectivity index (χ3n) is 5.63. The maximum absolute atomic E-state index is 13.1. The van der Waals surface area contributed by atoms with Crippen LogP contribution in [0, 0.1) is 6.92 Å². The van der Waals surface area contributed by atoms with Gasteiger partial charge in [-0.25, -0.2) is 4.79 Å². The van der Waals surface area contributed by atoms with Crippen LogP contribution in [-0.4, -0.2) is 66.0 Å². The molecule has 0 spiro atoms. The Hall–Kier alpha value is -4.33. The number of amides is 2. The summed E-state index contributed by atoms with van der Waals surface area (Å²) in [6.45, 7) is 11.5. The predicted octanol–water partition coefficient (Wildman–Crippen LogP) is 5.42. The first-order valence-electron chi connectivity index (χ1n) is 13.1. The number of aromatic nitrogens is 3. The monoisotopic (exact) mass is 602 g/mol. The topological polar surface area (TPSA) is 155 Å². The van der Waals surface area contributed by atoms with Gasteiger partial charge in [-0.2, -0.15) is 15.0 Å². The van der Waals surface area contributed by atoms with Crippen LogP contribution in [0.5, 0.6) is 28.5 Å². The Labute approximate surface area is 249 Å². The van der Waals surface area contributed by atoms with E-state index < -0.39 is 23.1 Å². The Kier molecular flexibility index (Phi) is 10.4. The molecule has 1 aromatic carbocycles. The molecule has 0 aliphatic carbocycles. The van der Waals surface area contributed by atoms with E-state index in [9.17, 15) is 9.59 Å². The van der Waals surface area contributed by atoms with Crippen LogP contribution in [0.2, 0.25) is 0 Å². The van der Waals surface area contributed by atoms with E-state index in [0.29, 0.717) is 24.5 Å². The molecule has 3 rings (SSSR count). The van der Waals surface area contributed by atoms with Gasteiger partial charge in [0.15, 0.2) is 5.69 Å². The SMILES string of the molecule is COc1ccc(C)c(Oc2nc(C(=O)Nc3c(OC)nc(NCCC(C)(C)OC(=O)NC(C)(C)C)nc3OC)cs2)c1. The number of hydrogen-bond acceptors (Lipinski definition) is 12. The van der Waals surface area contributed by atoms with E-state index in [0.717, 1.165) is 5.56 Å². The number of carbonyl (C=O) groups excluding carboxylic acids is 2. The third-order valence-corrected chi connectivity index (χ3v) is 6.35. The van der Waals surface area contributed by atoms with Gasteiger partial charge >= 0.3 is 6.09 Å². The second-order valence-electron chi connectivity index (χ2n) is 10.8. The number of methoxy groups -OCH3 is 3. The van der Waals surface area contributed by atoms with Crippen molar-refractivity contribution in [1.29, 1.82) is 0 Å². The van der Waals surface area contributed by atoms with Crippen molar-refractivity contribution in [2.75, 3.05) is 38.5 Å². The lowest BCUT2D eigenvalue weighted by Crippen LogP contribution is -2.44. The van der Waals surface area contributed by atoms with Gasteiger partial charge in [0.05, 0.1) is 21.3 Å². The molecular formula is C28H38N6O7S. The molecule has 228 valence electrons. The van der Waals surface area contributed by atoms with Crippen LogP contribution in [0.3, 0.4) is 0 Å². The molecule has 3 aromatic rings. The number of thiazole rings is 1. The average Bonchev–Trinajstić information content (AvgIpc) is 3.37. The molecule has 0 radical (unpaired) electrons. The van der Waals surface area contributed by atoms with Crippen molar-refractivity contribution in [2.24, 2.45) is 0 Å². The fourth-order valence-corrected chi connectivity index (χ4v) is 4.17. The van der Waals surface area contributed by atoms with Crippen LogP contribution in [-0.2, 0) is 4.74 Å². The van der Waals surface area contributed by atoms with Crippen LogP contribution in [0.25, 0.3) is 0 Å². The minimum absolute atomic E-state index is 0.0801. The van der Waals surface area contributed by atoms with Crippen molar-refractivity contribution in [3.8, 4) is 28.5 Å². The first kappa shape index (κ1) is 32.2. The summed E-state index contributed by atoms with van der Waals surface area (Å²) in [7, 11) is 4.40. The molecule has 0 bridgehead atoms. The van der Waals surface area contributed by atoms with Gasteiger partial charge in [0.2, 0.25) is 17.7 Å². The molecule has 2 amide bonds. The highest BCUT2D eigenvalue weighted by Crippen LogP contribution is 2.34. The number of anilines is 2. The Morgan fingerprint density at radius 1 is 0.952 bits per heavy atom. The molecule has 0 unspecified atom stereocenters. The second-order valence-corrected chi connectivity index (χ2v) is 11.6. The summed E-state index contributed by atoms with van der Waals surface area (Å²) in [6, 6.07) is 5.45. The number of hydrogen-bond donors (Lipinski definition) is 3. The van der Waals surface area contributed by atoms with Gasteiger partial charge in [0, 0.05) is 30.0 Å². The highest BCUT2D eigenvalue weighted by Gasteiger charge is 2.26. The largest absolute Gasteiger partial charge is 0.497 e. The molecule has 0 atom stereocenters. The van der Waals surface area contributed by atoms with E-state index in [-0.39, 0.29) is 34.3 Å². The zero-order chi connectivity index (χ0) is 31.1. The first-order valence-corrected chi connectivity index (χ1v) is 14.0. The maximum atomic E-state index is 13.1. The molecule has 0 aliphatic heterocycles. The molecule has 0 saturated heterocycles. The molecule has 0 fully saturated rings. The van der Waals surface area contributed by atoms with Gasteiger partial charge in [-0.15, -0.1) is 0 Å². The molecule has 0 aliphatic rings. The smallest absolute Gasteiger partial charge is 0.408 e. The van der Waals surface area contributed by atoms with Crippen molar-refractivity contribution < 1.29 is 33.3 Å². The molecule has 13 nitrogen and oxygen atoms in total. The zero-order valence-electron chi connectivity index (χ0n) is 25.3. The molecule has 2 aromatic heterocycles. The van der Waals surface area contributed by atoms with Gasteiger partial charge in [0.25, 0.3) is 11.1 Å². The maximum Gasteiger partial charge on any atom is 0.408 e. The van der Waals surface area contributed by atoms with Crippen molar-refractivity contribution in [1.82, 2.24) is 20.3 Å². The predicted molar refractivity (Wildman–Crippen MR) is 160 cm³/mol. The van der Waals surface area contributed by atoms with Gasteiger partial charge in [0.1, 0.15) is 22.8 Å². The normalized spacial score (nSPS) is 11.4. The Balaban J connectivity index is 1.67. The van der Waals surface area contributed by atoms with Crippen LogP contribution in [0.4, 0.5) is 16.4 Å². The number of carbonyl (C=O) groups is 2. The number of rotatable bonds is 12. The van der Waals surface area contributed by atoms with Crippen LogP contribution >= 0.6 is 11.3 Å². The molecule has 2 heterocycles. The molecular weight excluding hydrogens is 564 g/mol. The summed E-state index contributed by atoms with van der Waals surface area (Å²) < 4.78 is 27.5. The van der Waals surface area contributed by atoms with Gasteiger partial charge < -0.3 is 39.6 Å². The Morgan fingerprint density at radius 2 is 1.62 bits per heavy atom. The Morgan fingerprint density at radius 3 is 2.21 bits per heavy atom. The van der Waals surface area contributed by atoms with Gasteiger partial charge in [-0.05, 0) is 53.2 Å². The van der Waals surface area contributed by atoms with Crippen molar-refractivity contribution in [3.05, 3.63) is 34.8 Å². The van der Waals surface area contributed by atoms with Crippen molar-refractivity contribution in [2.45, 2.75) is 59.1 Å². The molecule has 14 heteroatoms. The fourth-order valence-electron chi connectivity index (χ4n) is 3.51. The molecule has 0 saturated carbocycles. The van der Waals surface area contributed by atoms with E-state index in [2.05, 4.69) is 30.9 Å². The van der Waals surface area contributed by atoms with Crippen LogP contribution in [0.1, 0.15) is 57.1 Å². The highest BCUT2D eigenvalue weighted by molar-refractivity contribution is 7.11. The second kappa shape index (κ2) is 13.6. The average molecular weight is 603 g/mol. The van der Waals surface area contributed by atoms with Gasteiger partial charge in [-0.1, -0.05) is 17.4 Å². The lowest BCUT2D eigenvalue weighted by Gasteiger charge is -2.28. The highest BCUT2D eigenvalue weighted by atomic mass is 32.1. The number of ether oxygens (including phenoxy) is 5. The lowest BCUT2D eigenvalue weighted by atomic mass is 10.1. The number of benzene rings is 1. The van der Waals surface area contributed by atoms with Crippen molar-refractivity contribution >= 4 is 35.0 Å². The summed E-state index contributed by atoms with van der Waals surface area (Å²) in [6.07, 6.45) is -0.0398. The van der Waals surface area contributed by atoms with E-state index in [1.165, 1.54) is 25.6 Å². The summed E-state index contributed by atoms with van der Waals surface area (Å²) in [4.78, 5) is 38.2. The third kappa shape index (κ3) is 9.09. The van der Waals surface area contributed by atoms with E-state index in [1.54, 1.807) is 18.6 Å². The lowest BCUT2D eigenvalue weighted by molar-refractivity contribution is 0.0312. The van der Waals surface area contributed by atoms with E-state index in [4.69, 9.17) is 23.7 Å². The zero-order valence-corrected chi connectivity index (χ0v) is 26.1. The fraction of sp³-hybridized carbons (Fsp3) is 0.464. The standard InChI is InChI=1S/C28H38N6O7S/c1-16-10-11-17(37-7)14-19(16)40-26-30-18(15-42-26)21(35)31-20-22(38-8)32-24(33-23(20)39-9)29-13-12-28(5,6)41-25(36)34-27(2,3)4/h10-11,14-15H,12-13H2,1-9H3,(H,31,35)(H,34,36)(H,29,32,33). The van der Waals surface area contributed by atoms with Crippen LogP contribution in [0.15, 0.2) is 23.6 Å². The molecule has 42 heavy (non-hydrogen) atoms. The summed E-state index contributed by atoms with van der Waals surface area (Å²) in [5.41, 5.74) is -0.0166. The van der Waals surface area contributed by atoms with Crippen LogP contribution < -0.4 is 34.9 Å². The van der Waals surface area contributed by atoms with Gasteiger partial charge in [-0.3, -0.25) is 4.79 Å². The first-order chi connectivity index (χ1) is 19.7. The summed E-state index contributed by atoms with van der Waals surface area (Å²) in [5, 5.41) is 10.4. The number of nitrogens with zero attached hydrogens (tertiary/aromatic N) is 3. The number of nitrogens with one attached hydrogen (secondary N) is 3. The van der Waals surface area contributed by atoms with E-state index in [1.807, 2.05) is 53.7 Å². The molecule has 3 N–H and O–H groups in total. The summed E-state index contributed by atoms with van der Waals surface area (Å²) >= 11 is 1.17.